The van der Waals surface area contributed by atoms with Crippen molar-refractivity contribution in [3.05, 3.63) is 59.2 Å². The van der Waals surface area contributed by atoms with E-state index in [-0.39, 0.29) is 5.56 Å². The molecule has 0 radical (unpaired) electrons. The summed E-state index contributed by atoms with van der Waals surface area (Å²) in [6, 6.07) is 10.9. The number of benzene rings is 2. The van der Waals surface area contributed by atoms with Gasteiger partial charge in [-0.25, -0.2) is 4.79 Å². The molecule has 0 bridgehead atoms. The van der Waals surface area contributed by atoms with E-state index in [9.17, 15) is 14.4 Å². The summed E-state index contributed by atoms with van der Waals surface area (Å²) in [4.78, 5) is 33.9. The third kappa shape index (κ3) is 4.19. The minimum absolute atomic E-state index is 0.0916. The van der Waals surface area contributed by atoms with Gasteiger partial charge in [-0.05, 0) is 55.8 Å². The van der Waals surface area contributed by atoms with Crippen molar-refractivity contribution in [1.82, 2.24) is 0 Å². The molecule has 6 nitrogen and oxygen atoms in total. The Morgan fingerprint density at radius 3 is 2.42 bits per heavy atom. The molecule has 24 heavy (non-hydrogen) atoms. The Balaban J connectivity index is 2.06. The van der Waals surface area contributed by atoms with Crippen LogP contribution >= 0.6 is 0 Å². The summed E-state index contributed by atoms with van der Waals surface area (Å²) in [5, 5.41) is 11.7. The molecule has 0 spiro atoms. The van der Waals surface area contributed by atoms with Crippen LogP contribution < -0.4 is 10.1 Å². The number of nitrogens with one attached hydrogen (secondary N) is 1. The summed E-state index contributed by atoms with van der Waals surface area (Å²) in [6.07, 6.45) is -0.0713. The number of carboxylic acid groups (broad SMARTS) is 1. The molecule has 0 aliphatic rings. The van der Waals surface area contributed by atoms with Crippen molar-refractivity contribution in [2.75, 3.05) is 5.32 Å². The van der Waals surface area contributed by atoms with Gasteiger partial charge in [-0.1, -0.05) is 6.07 Å². The fourth-order valence-electron chi connectivity index (χ4n) is 2.01. The van der Waals surface area contributed by atoms with Gasteiger partial charge in [-0.3, -0.25) is 9.59 Å². The van der Waals surface area contributed by atoms with Crippen LogP contribution in [0.3, 0.4) is 0 Å². The van der Waals surface area contributed by atoms with Crippen LogP contribution in [0, 0.1) is 6.92 Å². The SMILES string of the molecule is Cc1ccc(C(=O)O)cc1NC(=O)C(C)Oc1ccc(C=O)cc1. The molecule has 1 unspecified atom stereocenters. The average molecular weight is 327 g/mol. The molecular weight excluding hydrogens is 310 g/mol. The maximum Gasteiger partial charge on any atom is 0.335 e. The second-order valence-electron chi connectivity index (χ2n) is 5.27. The topological polar surface area (TPSA) is 92.7 Å². The van der Waals surface area contributed by atoms with Gasteiger partial charge in [-0.15, -0.1) is 0 Å². The van der Waals surface area contributed by atoms with Crippen molar-refractivity contribution < 1.29 is 24.2 Å². The molecule has 1 amide bonds. The van der Waals surface area contributed by atoms with Gasteiger partial charge in [-0.2, -0.15) is 0 Å². The van der Waals surface area contributed by atoms with E-state index in [1.807, 2.05) is 0 Å². The van der Waals surface area contributed by atoms with Crippen molar-refractivity contribution >= 4 is 23.9 Å². The molecule has 124 valence electrons. The molecule has 1 atom stereocenters. The number of aldehydes is 1. The molecule has 0 aliphatic heterocycles. The van der Waals surface area contributed by atoms with Crippen molar-refractivity contribution in [2.45, 2.75) is 20.0 Å². The lowest BCUT2D eigenvalue weighted by Gasteiger charge is -2.16. The molecular formula is C18H17NO5. The van der Waals surface area contributed by atoms with Gasteiger partial charge >= 0.3 is 5.97 Å². The minimum atomic E-state index is -1.06. The quantitative estimate of drug-likeness (QED) is 0.796. The fourth-order valence-corrected chi connectivity index (χ4v) is 2.01. The van der Waals surface area contributed by atoms with Crippen LogP contribution in [0.5, 0.6) is 5.75 Å². The van der Waals surface area contributed by atoms with Crippen LogP contribution in [-0.2, 0) is 4.79 Å². The number of aromatic carboxylic acids is 1. The number of carboxylic acids is 1. The highest BCUT2D eigenvalue weighted by Crippen LogP contribution is 2.18. The van der Waals surface area contributed by atoms with E-state index in [4.69, 9.17) is 9.84 Å². The largest absolute Gasteiger partial charge is 0.481 e. The van der Waals surface area contributed by atoms with E-state index in [1.165, 1.54) is 12.1 Å². The van der Waals surface area contributed by atoms with Crippen molar-refractivity contribution in [2.24, 2.45) is 0 Å². The van der Waals surface area contributed by atoms with Crippen molar-refractivity contribution in [1.29, 1.82) is 0 Å². The van der Waals surface area contributed by atoms with Gasteiger partial charge in [0.2, 0.25) is 0 Å². The first kappa shape index (κ1) is 17.2. The maximum absolute atomic E-state index is 12.2. The molecule has 2 N–H and O–H groups in total. The second-order valence-corrected chi connectivity index (χ2v) is 5.27. The lowest BCUT2D eigenvalue weighted by atomic mass is 10.1. The molecule has 0 heterocycles. The number of hydrogen-bond donors (Lipinski definition) is 2. The van der Waals surface area contributed by atoms with E-state index >= 15 is 0 Å². The number of anilines is 1. The zero-order valence-electron chi connectivity index (χ0n) is 13.3. The molecule has 2 rings (SSSR count). The smallest absolute Gasteiger partial charge is 0.335 e. The highest BCUT2D eigenvalue weighted by atomic mass is 16.5. The van der Waals surface area contributed by atoms with Crippen LogP contribution in [0.15, 0.2) is 42.5 Å². The first-order chi connectivity index (χ1) is 11.4. The first-order valence-corrected chi connectivity index (χ1v) is 7.27. The highest BCUT2D eigenvalue weighted by molar-refractivity contribution is 5.96. The Bertz CT molecular complexity index is 767. The van der Waals surface area contributed by atoms with Gasteiger partial charge in [0, 0.05) is 11.3 Å². The van der Waals surface area contributed by atoms with Crippen molar-refractivity contribution in [3.8, 4) is 5.75 Å². The fraction of sp³-hybridized carbons (Fsp3) is 0.167. The summed E-state index contributed by atoms with van der Waals surface area (Å²) in [5.74, 6) is -1.01. The van der Waals surface area contributed by atoms with E-state index < -0.39 is 18.0 Å². The van der Waals surface area contributed by atoms with Gasteiger partial charge in [0.05, 0.1) is 5.56 Å². The number of hydrogen-bond acceptors (Lipinski definition) is 4. The summed E-state index contributed by atoms with van der Waals surface area (Å²) >= 11 is 0. The predicted octanol–water partition coefficient (Wildman–Crippen LogP) is 2.91. The van der Waals surface area contributed by atoms with Crippen LogP contribution in [0.1, 0.15) is 33.2 Å². The number of amides is 1. The minimum Gasteiger partial charge on any atom is -0.481 e. The van der Waals surface area contributed by atoms with Crippen LogP contribution in [0.25, 0.3) is 0 Å². The van der Waals surface area contributed by atoms with E-state index in [2.05, 4.69) is 5.32 Å². The predicted molar refractivity (Wildman–Crippen MR) is 88.7 cm³/mol. The first-order valence-electron chi connectivity index (χ1n) is 7.27. The van der Waals surface area contributed by atoms with Gasteiger partial charge in [0.25, 0.3) is 5.91 Å². The van der Waals surface area contributed by atoms with Crippen LogP contribution in [-0.4, -0.2) is 29.4 Å². The number of aryl methyl sites for hydroxylation is 1. The number of carbonyl (C=O) groups is 3. The monoisotopic (exact) mass is 327 g/mol. The lowest BCUT2D eigenvalue weighted by molar-refractivity contribution is -0.122. The molecule has 6 heteroatoms. The molecule has 0 saturated heterocycles. The molecule has 2 aromatic rings. The van der Waals surface area contributed by atoms with Crippen molar-refractivity contribution in [3.63, 3.8) is 0 Å². The standard InChI is InChI=1S/C18H17NO5/c1-11-3-6-14(18(22)23)9-16(11)19-17(21)12(2)24-15-7-4-13(10-20)5-8-15/h3-10,12H,1-2H3,(H,19,21)(H,22,23). The second kappa shape index (κ2) is 7.41. The normalized spacial score (nSPS) is 11.4. The molecule has 0 aromatic heterocycles. The van der Waals surface area contributed by atoms with Gasteiger partial charge < -0.3 is 15.2 Å². The third-order valence-electron chi connectivity index (χ3n) is 3.44. The van der Waals surface area contributed by atoms with E-state index in [1.54, 1.807) is 44.2 Å². The summed E-state index contributed by atoms with van der Waals surface area (Å²) in [5.41, 5.74) is 1.78. The van der Waals surface area contributed by atoms with Crippen LogP contribution in [0.4, 0.5) is 5.69 Å². The lowest BCUT2D eigenvalue weighted by Crippen LogP contribution is -2.30. The zero-order valence-corrected chi connectivity index (χ0v) is 13.3. The number of carbonyl (C=O) groups excluding carboxylic acids is 2. The Labute approximate surface area is 139 Å². The summed E-state index contributed by atoms with van der Waals surface area (Å²) in [7, 11) is 0. The molecule has 0 fully saturated rings. The highest BCUT2D eigenvalue weighted by Gasteiger charge is 2.16. The molecule has 2 aromatic carbocycles. The summed E-state index contributed by atoms with van der Waals surface area (Å²) in [6.45, 7) is 3.35. The van der Waals surface area contributed by atoms with Crippen LogP contribution in [0.2, 0.25) is 0 Å². The van der Waals surface area contributed by atoms with Gasteiger partial charge in [0.15, 0.2) is 6.10 Å². The molecule has 0 aliphatic carbocycles. The summed E-state index contributed by atoms with van der Waals surface area (Å²) < 4.78 is 5.52. The van der Waals surface area contributed by atoms with E-state index in [0.29, 0.717) is 17.0 Å². The third-order valence-corrected chi connectivity index (χ3v) is 3.44. The zero-order chi connectivity index (χ0) is 17.7. The number of ether oxygens (including phenoxy) is 1. The Morgan fingerprint density at radius 2 is 1.83 bits per heavy atom. The average Bonchev–Trinajstić information content (AvgIpc) is 2.57. The maximum atomic E-state index is 12.2. The van der Waals surface area contributed by atoms with Gasteiger partial charge in [0.1, 0.15) is 12.0 Å². The van der Waals surface area contributed by atoms with E-state index in [0.717, 1.165) is 11.8 Å². The Hall–Kier alpha value is -3.15. The Kier molecular flexibility index (Phi) is 5.31. The molecule has 0 saturated carbocycles. The number of rotatable bonds is 6. The Morgan fingerprint density at radius 1 is 1.17 bits per heavy atom.